The Bertz CT molecular complexity index is 736. The number of likely N-dealkylation sites (tertiary alicyclic amines) is 1. The summed E-state index contributed by atoms with van der Waals surface area (Å²) < 4.78 is 14.0. The predicted molar refractivity (Wildman–Crippen MR) is 129 cm³/mol. The highest BCUT2D eigenvalue weighted by atomic mass is 127. The third-order valence-electron chi connectivity index (χ3n) is 5.83. The minimum Gasteiger partial charge on any atom is -0.352 e. The molecule has 1 heterocycles. The number of rotatable bonds is 6. The Morgan fingerprint density at radius 2 is 2.00 bits per heavy atom. The van der Waals surface area contributed by atoms with Gasteiger partial charge >= 0.3 is 0 Å². The van der Waals surface area contributed by atoms with Gasteiger partial charge in [-0.1, -0.05) is 18.9 Å². The molecule has 30 heavy (non-hydrogen) atoms. The van der Waals surface area contributed by atoms with Gasteiger partial charge in [-0.2, -0.15) is 0 Å². The van der Waals surface area contributed by atoms with Crippen LogP contribution in [0.5, 0.6) is 0 Å². The van der Waals surface area contributed by atoms with Gasteiger partial charge in [0.2, 0.25) is 5.91 Å². The Kier molecular flexibility index (Phi) is 9.80. The number of halogens is 2. The van der Waals surface area contributed by atoms with Crippen molar-refractivity contribution < 1.29 is 9.18 Å². The van der Waals surface area contributed by atoms with E-state index in [1.165, 1.54) is 18.9 Å². The van der Waals surface area contributed by atoms with Crippen LogP contribution in [-0.4, -0.2) is 61.9 Å². The van der Waals surface area contributed by atoms with Gasteiger partial charge in [0.05, 0.1) is 0 Å². The molecule has 2 N–H and O–H groups in total. The Morgan fingerprint density at radius 1 is 1.27 bits per heavy atom. The van der Waals surface area contributed by atoms with Crippen molar-refractivity contribution in [3.8, 4) is 0 Å². The van der Waals surface area contributed by atoms with Crippen LogP contribution in [0.15, 0.2) is 23.2 Å². The van der Waals surface area contributed by atoms with Crippen LogP contribution in [0.1, 0.15) is 43.2 Å². The number of carbonyl (C=O) groups excluding carboxylic acids is 1. The van der Waals surface area contributed by atoms with E-state index in [2.05, 4.69) is 15.6 Å². The summed E-state index contributed by atoms with van der Waals surface area (Å²) in [6.07, 6.45) is 5.39. The second kappa shape index (κ2) is 11.8. The summed E-state index contributed by atoms with van der Waals surface area (Å²) in [7, 11) is 5.60. The molecule has 1 atom stereocenters. The molecule has 1 aliphatic heterocycles. The first-order valence-electron chi connectivity index (χ1n) is 10.6. The third kappa shape index (κ3) is 6.80. The molecule has 1 unspecified atom stereocenters. The summed E-state index contributed by atoms with van der Waals surface area (Å²) in [5.41, 5.74) is 1.70. The number of guanidine groups is 1. The van der Waals surface area contributed by atoms with Gasteiger partial charge < -0.3 is 20.4 Å². The first-order chi connectivity index (χ1) is 14.0. The smallest absolute Gasteiger partial charge is 0.225 e. The van der Waals surface area contributed by atoms with Crippen LogP contribution in [0.2, 0.25) is 0 Å². The maximum absolute atomic E-state index is 14.0. The first-order valence-corrected chi connectivity index (χ1v) is 10.6. The fourth-order valence-corrected chi connectivity index (χ4v) is 4.28. The van der Waals surface area contributed by atoms with E-state index in [1.807, 2.05) is 30.0 Å². The van der Waals surface area contributed by atoms with Crippen molar-refractivity contribution in [2.45, 2.75) is 51.2 Å². The lowest BCUT2D eigenvalue weighted by Gasteiger charge is -2.21. The van der Waals surface area contributed by atoms with Gasteiger partial charge in [0.1, 0.15) is 5.82 Å². The summed E-state index contributed by atoms with van der Waals surface area (Å²) >= 11 is 0. The van der Waals surface area contributed by atoms with E-state index in [0.29, 0.717) is 30.5 Å². The number of nitrogens with one attached hydrogen (secondary N) is 2. The molecular weight excluding hydrogens is 496 g/mol. The zero-order chi connectivity index (χ0) is 20.8. The number of hydrogen-bond donors (Lipinski definition) is 2. The molecule has 1 aliphatic carbocycles. The molecule has 6 nitrogen and oxygen atoms in total. The van der Waals surface area contributed by atoms with E-state index in [4.69, 9.17) is 0 Å². The minimum absolute atomic E-state index is 0. The minimum atomic E-state index is -0.178. The molecule has 1 aromatic rings. The lowest BCUT2D eigenvalue weighted by molar-refractivity contribution is -0.134. The molecule has 0 radical (unpaired) electrons. The Hall–Kier alpha value is -1.42. The molecular formula is C22H35FIN5O. The van der Waals surface area contributed by atoms with Crippen molar-refractivity contribution in [3.63, 3.8) is 0 Å². The maximum atomic E-state index is 14.0. The molecule has 1 saturated heterocycles. The van der Waals surface area contributed by atoms with E-state index in [0.717, 1.165) is 37.9 Å². The molecule has 0 spiro atoms. The van der Waals surface area contributed by atoms with Crippen LogP contribution in [0.4, 0.5) is 4.39 Å². The zero-order valence-electron chi connectivity index (χ0n) is 18.3. The summed E-state index contributed by atoms with van der Waals surface area (Å²) in [6.45, 7) is 2.69. The second-order valence-electron chi connectivity index (χ2n) is 8.48. The standard InChI is InChI=1S/C22H34FN5O.HI/c1-24-22(25-13-16-8-9-20(23)18(12-16)14-27(2)3)26-19-10-11-28(15-19)21(29)17-6-4-5-7-17;/h8-9,12,17,19H,4-7,10-11,13-15H2,1-3H3,(H2,24,25,26);1H. The van der Waals surface area contributed by atoms with Gasteiger partial charge in [-0.15, -0.1) is 24.0 Å². The monoisotopic (exact) mass is 531 g/mol. The van der Waals surface area contributed by atoms with E-state index in [9.17, 15) is 9.18 Å². The van der Waals surface area contributed by atoms with Crippen LogP contribution in [0.3, 0.4) is 0 Å². The summed E-state index contributed by atoms with van der Waals surface area (Å²) in [5.74, 6) is 1.10. The number of nitrogens with zero attached hydrogens (tertiary/aromatic N) is 3. The van der Waals surface area contributed by atoms with Crippen molar-refractivity contribution in [2.75, 3.05) is 34.2 Å². The van der Waals surface area contributed by atoms with Gasteiger partial charge in [0.15, 0.2) is 5.96 Å². The van der Waals surface area contributed by atoms with E-state index in [1.54, 1.807) is 13.1 Å². The topological polar surface area (TPSA) is 60.0 Å². The van der Waals surface area contributed by atoms with Gasteiger partial charge in [-0.05, 0) is 51.1 Å². The summed E-state index contributed by atoms with van der Waals surface area (Å²) in [5, 5.41) is 6.74. The fourth-order valence-electron chi connectivity index (χ4n) is 4.28. The Morgan fingerprint density at radius 3 is 2.67 bits per heavy atom. The van der Waals surface area contributed by atoms with Crippen LogP contribution >= 0.6 is 24.0 Å². The molecule has 0 bridgehead atoms. The highest BCUT2D eigenvalue weighted by molar-refractivity contribution is 14.0. The van der Waals surface area contributed by atoms with Gasteiger partial charge in [-0.3, -0.25) is 9.79 Å². The molecule has 2 fully saturated rings. The molecule has 1 saturated carbocycles. The Balaban J connectivity index is 0.00000320. The van der Waals surface area contributed by atoms with Crippen LogP contribution in [0, 0.1) is 11.7 Å². The number of benzene rings is 1. The molecule has 1 amide bonds. The first kappa shape index (κ1) is 24.8. The molecule has 8 heteroatoms. The van der Waals surface area contributed by atoms with Gasteiger partial charge in [0.25, 0.3) is 0 Å². The van der Waals surface area contributed by atoms with E-state index in [-0.39, 0.29) is 41.8 Å². The van der Waals surface area contributed by atoms with Crippen molar-refractivity contribution >= 4 is 35.8 Å². The number of aliphatic imine (C=N–C) groups is 1. The lowest BCUT2D eigenvalue weighted by Crippen LogP contribution is -2.45. The molecule has 0 aromatic heterocycles. The number of hydrogen-bond acceptors (Lipinski definition) is 3. The highest BCUT2D eigenvalue weighted by Crippen LogP contribution is 2.27. The quantitative estimate of drug-likeness (QED) is 0.337. The summed E-state index contributed by atoms with van der Waals surface area (Å²) in [4.78, 5) is 20.9. The molecule has 1 aromatic carbocycles. The van der Waals surface area contributed by atoms with Gasteiger partial charge in [-0.25, -0.2) is 4.39 Å². The second-order valence-corrected chi connectivity index (χ2v) is 8.48. The van der Waals surface area contributed by atoms with E-state index >= 15 is 0 Å². The maximum Gasteiger partial charge on any atom is 0.225 e. The summed E-state index contributed by atoms with van der Waals surface area (Å²) in [6, 6.07) is 5.43. The fraction of sp³-hybridized carbons (Fsp3) is 0.636. The SMILES string of the molecule is CN=C(NCc1ccc(F)c(CN(C)C)c1)NC1CCN(C(=O)C2CCCC2)C1.I. The van der Waals surface area contributed by atoms with Crippen LogP contribution in [-0.2, 0) is 17.9 Å². The average Bonchev–Trinajstić information content (AvgIpc) is 3.38. The normalized spacial score (nSPS) is 19.8. The van der Waals surface area contributed by atoms with Crippen LogP contribution < -0.4 is 10.6 Å². The zero-order valence-corrected chi connectivity index (χ0v) is 20.6. The highest BCUT2D eigenvalue weighted by Gasteiger charge is 2.32. The predicted octanol–water partition coefficient (Wildman–Crippen LogP) is 2.96. The van der Waals surface area contributed by atoms with E-state index < -0.39 is 0 Å². The average molecular weight is 531 g/mol. The molecule has 2 aliphatic rings. The van der Waals surface area contributed by atoms with Crippen molar-refractivity contribution in [1.29, 1.82) is 0 Å². The lowest BCUT2D eigenvalue weighted by atomic mass is 10.1. The van der Waals surface area contributed by atoms with Crippen LogP contribution in [0.25, 0.3) is 0 Å². The number of amides is 1. The largest absolute Gasteiger partial charge is 0.352 e. The van der Waals surface area contributed by atoms with Gasteiger partial charge in [0, 0.05) is 50.7 Å². The molecule has 168 valence electrons. The number of carbonyl (C=O) groups is 1. The van der Waals surface area contributed by atoms with Crippen molar-refractivity contribution in [3.05, 3.63) is 35.1 Å². The van der Waals surface area contributed by atoms with Crippen molar-refractivity contribution in [2.24, 2.45) is 10.9 Å². The Labute approximate surface area is 196 Å². The molecule has 3 rings (SSSR count). The van der Waals surface area contributed by atoms with Crippen molar-refractivity contribution in [1.82, 2.24) is 20.4 Å². The third-order valence-corrected chi connectivity index (χ3v) is 5.83.